The number of aliphatic hydroxyl groups is 1. The van der Waals surface area contributed by atoms with Crippen LogP contribution in [0.5, 0.6) is 0 Å². The topological polar surface area (TPSA) is 146 Å². The van der Waals surface area contributed by atoms with Gasteiger partial charge in [-0.25, -0.2) is 4.79 Å². The van der Waals surface area contributed by atoms with E-state index in [4.69, 9.17) is 0 Å². The molecule has 5 aliphatic carbocycles. The van der Waals surface area contributed by atoms with Crippen molar-refractivity contribution in [1.82, 2.24) is 10.6 Å². The summed E-state index contributed by atoms with van der Waals surface area (Å²) >= 11 is 0. The molecular weight excluding hydrogens is 546 g/mol. The Bertz CT molecular complexity index is 1410. The standard InChI is InChI=1S/C34H47N3O6/c1-28(2)21-9-10-32(6)22(31(21,5)16-20(18-35)26(28)40)15-24(38)34(42)23-17-30(4,37-25(39)19-36-27(41)43-8)13-11-29(23,3)12-14-33(32,34)7/h15-16,21,23,42H,9-14,17,19H2,1-8H3,(H,36,41)(H,37,39)/t21-,23+,29+,30-,31-,32+,33-,34+/m0/s1. The molecule has 0 radical (unpaired) electrons. The molecule has 0 aromatic carbocycles. The van der Waals surface area contributed by atoms with Crippen molar-refractivity contribution < 1.29 is 29.0 Å². The molecule has 9 nitrogen and oxygen atoms in total. The highest BCUT2D eigenvalue weighted by atomic mass is 16.5. The lowest BCUT2D eigenvalue weighted by molar-refractivity contribution is -0.240. The molecule has 8 atom stereocenters. The number of rotatable bonds is 3. The van der Waals surface area contributed by atoms with Gasteiger partial charge in [0.05, 0.1) is 12.7 Å². The molecule has 5 rings (SSSR count). The highest BCUT2D eigenvalue weighted by molar-refractivity contribution is 6.05. The minimum Gasteiger partial charge on any atom is -0.453 e. The zero-order chi connectivity index (χ0) is 32.0. The lowest BCUT2D eigenvalue weighted by atomic mass is 9.33. The van der Waals surface area contributed by atoms with E-state index in [1.165, 1.54) is 7.11 Å². The average Bonchev–Trinajstić information content (AvgIpc) is 2.94. The smallest absolute Gasteiger partial charge is 0.407 e. The van der Waals surface area contributed by atoms with E-state index in [9.17, 15) is 29.5 Å². The quantitative estimate of drug-likeness (QED) is 0.435. The summed E-state index contributed by atoms with van der Waals surface area (Å²) in [6, 6.07) is 2.13. The summed E-state index contributed by atoms with van der Waals surface area (Å²) in [7, 11) is 1.24. The number of nitrogens with one attached hydrogen (secondary N) is 2. The molecule has 2 amide bonds. The highest BCUT2D eigenvalue weighted by Gasteiger charge is 2.75. The molecule has 0 aromatic heterocycles. The van der Waals surface area contributed by atoms with Crippen molar-refractivity contribution in [2.24, 2.45) is 38.9 Å². The van der Waals surface area contributed by atoms with E-state index in [2.05, 4.69) is 49.1 Å². The van der Waals surface area contributed by atoms with Gasteiger partial charge in [-0.15, -0.1) is 0 Å². The van der Waals surface area contributed by atoms with Gasteiger partial charge in [-0.3, -0.25) is 14.4 Å². The summed E-state index contributed by atoms with van der Waals surface area (Å²) in [6.45, 7) is 14.0. The summed E-state index contributed by atoms with van der Waals surface area (Å²) in [5.74, 6) is -1.30. The SMILES string of the molecule is COC(=O)NCC(=O)N[C@@]1(C)CC[C@]2(C)CC[C@@]3(C)[C@]4(C)CC[C@H]5C(C)(C)C(=O)C(C#N)=C[C@]5(C)C4=CC(=O)[C@]3(O)[C@@H]2C1. The number of fused-ring (bicyclic) bond motifs is 7. The number of carbonyl (C=O) groups excluding carboxylic acids is 4. The van der Waals surface area contributed by atoms with Crippen LogP contribution in [0, 0.1) is 50.2 Å². The third-order valence-corrected chi connectivity index (χ3v) is 13.3. The van der Waals surface area contributed by atoms with Gasteiger partial charge in [0.1, 0.15) is 18.2 Å². The Labute approximate surface area is 254 Å². The molecular formula is C34H47N3O6. The fourth-order valence-electron chi connectivity index (χ4n) is 10.5. The van der Waals surface area contributed by atoms with Crippen LogP contribution in [0.1, 0.15) is 93.4 Å². The first-order chi connectivity index (χ1) is 19.8. The maximum Gasteiger partial charge on any atom is 0.407 e. The van der Waals surface area contributed by atoms with Gasteiger partial charge in [0.25, 0.3) is 0 Å². The van der Waals surface area contributed by atoms with Crippen molar-refractivity contribution >= 4 is 23.6 Å². The molecule has 3 saturated carbocycles. The molecule has 0 spiro atoms. The Morgan fingerprint density at radius 3 is 2.30 bits per heavy atom. The number of nitrogens with zero attached hydrogens (tertiary/aromatic N) is 1. The third kappa shape index (κ3) is 4.04. The van der Waals surface area contributed by atoms with Gasteiger partial charge in [0.15, 0.2) is 11.6 Å². The van der Waals surface area contributed by atoms with Crippen molar-refractivity contribution in [3.05, 3.63) is 23.3 Å². The summed E-state index contributed by atoms with van der Waals surface area (Å²) in [4.78, 5) is 52.2. The number of ketones is 2. The van der Waals surface area contributed by atoms with E-state index < -0.39 is 44.8 Å². The van der Waals surface area contributed by atoms with Crippen LogP contribution in [-0.2, 0) is 19.1 Å². The summed E-state index contributed by atoms with van der Waals surface area (Å²) in [5, 5.41) is 28.4. The van der Waals surface area contributed by atoms with Gasteiger partial charge in [-0.1, -0.05) is 47.6 Å². The summed E-state index contributed by atoms with van der Waals surface area (Å²) < 4.78 is 4.57. The maximum absolute atomic E-state index is 14.6. The van der Waals surface area contributed by atoms with Crippen LogP contribution in [0.4, 0.5) is 4.79 Å². The van der Waals surface area contributed by atoms with Crippen molar-refractivity contribution in [2.75, 3.05) is 13.7 Å². The lowest BCUT2D eigenvalue weighted by Crippen LogP contribution is -2.74. The van der Waals surface area contributed by atoms with E-state index in [1.807, 2.05) is 20.8 Å². The van der Waals surface area contributed by atoms with Crippen molar-refractivity contribution in [2.45, 2.75) is 105 Å². The first kappa shape index (κ1) is 31.4. The molecule has 5 aliphatic rings. The van der Waals surface area contributed by atoms with Crippen molar-refractivity contribution in [3.8, 4) is 6.07 Å². The molecule has 0 aromatic rings. The second-order valence-corrected chi connectivity index (χ2v) is 15.8. The van der Waals surface area contributed by atoms with Gasteiger partial charge < -0.3 is 20.5 Å². The minimum absolute atomic E-state index is 0.0767. The molecule has 0 saturated heterocycles. The number of allylic oxidation sites excluding steroid dienone is 3. The fraction of sp³-hybridized carbons (Fsp3) is 0.735. The number of Topliss-reactive ketones (excluding diaryl/α,β-unsaturated/α-hetero) is 1. The Hall–Kier alpha value is -2.99. The van der Waals surface area contributed by atoms with Crippen LogP contribution >= 0.6 is 0 Å². The molecule has 43 heavy (non-hydrogen) atoms. The normalized spacial score (nSPS) is 44.7. The van der Waals surface area contributed by atoms with Gasteiger partial charge in [0, 0.05) is 27.7 Å². The van der Waals surface area contributed by atoms with Crippen molar-refractivity contribution in [3.63, 3.8) is 0 Å². The van der Waals surface area contributed by atoms with E-state index in [0.29, 0.717) is 25.7 Å². The second kappa shape index (κ2) is 9.50. The predicted molar refractivity (Wildman–Crippen MR) is 159 cm³/mol. The lowest BCUT2D eigenvalue weighted by Gasteiger charge is -2.71. The molecule has 3 N–H and O–H groups in total. The zero-order valence-electron chi connectivity index (χ0n) is 26.9. The van der Waals surface area contributed by atoms with Gasteiger partial charge >= 0.3 is 6.09 Å². The fourth-order valence-corrected chi connectivity index (χ4v) is 10.5. The number of alkyl carbamates (subject to hydrolysis) is 1. The maximum atomic E-state index is 14.6. The molecule has 3 fully saturated rings. The molecule has 0 bridgehead atoms. The third-order valence-electron chi connectivity index (χ3n) is 13.3. The molecule has 0 unspecified atom stereocenters. The van der Waals surface area contributed by atoms with Crippen LogP contribution in [0.15, 0.2) is 23.3 Å². The highest BCUT2D eigenvalue weighted by Crippen LogP contribution is 2.75. The average molecular weight is 594 g/mol. The van der Waals surface area contributed by atoms with E-state index in [1.54, 1.807) is 12.2 Å². The minimum atomic E-state index is -1.67. The Balaban J connectivity index is 1.57. The molecule has 0 heterocycles. The first-order valence-electron chi connectivity index (χ1n) is 15.6. The van der Waals surface area contributed by atoms with Crippen LogP contribution in [0.3, 0.4) is 0 Å². The van der Waals surface area contributed by atoms with Gasteiger partial charge in [0.2, 0.25) is 5.91 Å². The zero-order valence-corrected chi connectivity index (χ0v) is 26.9. The van der Waals surface area contributed by atoms with Gasteiger partial charge in [-0.2, -0.15) is 5.26 Å². The number of hydrogen-bond donors (Lipinski definition) is 3. The Morgan fingerprint density at radius 2 is 1.67 bits per heavy atom. The van der Waals surface area contributed by atoms with Crippen LogP contribution in [0.2, 0.25) is 0 Å². The first-order valence-corrected chi connectivity index (χ1v) is 15.6. The van der Waals surface area contributed by atoms with Crippen LogP contribution in [-0.4, -0.2) is 53.5 Å². The number of hydrogen-bond acceptors (Lipinski definition) is 7. The second-order valence-electron chi connectivity index (χ2n) is 15.8. The van der Waals surface area contributed by atoms with Crippen molar-refractivity contribution in [1.29, 1.82) is 5.26 Å². The Kier molecular flexibility index (Phi) is 6.95. The number of nitriles is 1. The van der Waals surface area contributed by atoms with Crippen LogP contribution in [0.25, 0.3) is 0 Å². The molecule has 0 aliphatic heterocycles. The number of methoxy groups -OCH3 is 1. The van der Waals surface area contributed by atoms with E-state index in [0.717, 1.165) is 24.8 Å². The predicted octanol–water partition coefficient (Wildman–Crippen LogP) is 4.55. The number of carbonyl (C=O) groups is 4. The van der Waals surface area contributed by atoms with Gasteiger partial charge in [-0.05, 0) is 80.3 Å². The summed E-state index contributed by atoms with van der Waals surface area (Å²) in [5.41, 5.74) is -4.38. The van der Waals surface area contributed by atoms with Crippen LogP contribution < -0.4 is 10.6 Å². The number of ether oxygens (including phenoxy) is 1. The molecule has 9 heteroatoms. The largest absolute Gasteiger partial charge is 0.453 e. The monoisotopic (exact) mass is 593 g/mol. The Morgan fingerprint density at radius 1 is 1.02 bits per heavy atom. The number of amides is 2. The summed E-state index contributed by atoms with van der Waals surface area (Å²) in [6.07, 6.45) is 7.59. The van der Waals surface area contributed by atoms with E-state index in [-0.39, 0.29) is 40.9 Å². The molecule has 234 valence electrons. The van der Waals surface area contributed by atoms with E-state index >= 15 is 0 Å².